The molecule has 34 heavy (non-hydrogen) atoms. The van der Waals surface area contributed by atoms with Crippen LogP contribution in [0.5, 0.6) is 5.75 Å². The van der Waals surface area contributed by atoms with Crippen LogP contribution in [0.1, 0.15) is 12.0 Å². The number of hydrogen-bond donors (Lipinski definition) is 4. The van der Waals surface area contributed by atoms with Crippen molar-refractivity contribution in [3.8, 4) is 11.8 Å². The fraction of sp³-hybridized carbons (Fsp3) is 0.208. The maximum Gasteiger partial charge on any atom is 0.248 e. The Bertz CT molecular complexity index is 1270. The van der Waals surface area contributed by atoms with Gasteiger partial charge in [0.05, 0.1) is 35.7 Å². The highest BCUT2D eigenvalue weighted by Crippen LogP contribution is 2.37. The number of nitrogens with one attached hydrogen (secondary N) is 3. The van der Waals surface area contributed by atoms with Crippen LogP contribution in [0.4, 0.5) is 17.1 Å². The number of carbonyl (C=O) groups excluding carboxylic acids is 1. The molecule has 0 aliphatic carbocycles. The molecule has 174 valence electrons. The molecule has 4 rings (SSSR count). The van der Waals surface area contributed by atoms with Gasteiger partial charge in [0, 0.05) is 46.9 Å². The second kappa shape index (κ2) is 11.1. The van der Waals surface area contributed by atoms with E-state index in [4.69, 9.17) is 15.3 Å². The standard InChI is InChI=1S/C24H23BrN6O3/c25-16-3-1-4-17(9-16)30-24-15(12-26)13-28-20-11-22(34-18-6-8-33-14-18)21(10-19(20)24)31-23(32)5-2-7-29-27/h1-5,9-11,13,18,29H,6-8,14,27H2,(H,28,30)(H,31,32)/b5-2+. The molecule has 3 aromatic rings. The first kappa shape index (κ1) is 23.7. The highest BCUT2D eigenvalue weighted by atomic mass is 79.9. The van der Waals surface area contributed by atoms with Gasteiger partial charge in [0.15, 0.2) is 0 Å². The fourth-order valence-electron chi connectivity index (χ4n) is 3.54. The molecular formula is C24H23BrN6O3. The zero-order chi connectivity index (χ0) is 23.9. The van der Waals surface area contributed by atoms with Crippen LogP contribution in [0.3, 0.4) is 0 Å². The predicted octanol–water partition coefficient (Wildman–Crippen LogP) is 3.74. The molecule has 1 unspecified atom stereocenters. The Morgan fingerprint density at radius 1 is 1.38 bits per heavy atom. The summed E-state index contributed by atoms with van der Waals surface area (Å²) in [6.45, 7) is 1.45. The number of nitrogens with zero attached hydrogens (tertiary/aromatic N) is 2. The van der Waals surface area contributed by atoms with Crippen molar-refractivity contribution in [2.75, 3.05) is 30.4 Å². The zero-order valence-corrected chi connectivity index (χ0v) is 19.8. The van der Waals surface area contributed by atoms with Gasteiger partial charge in [0.25, 0.3) is 0 Å². The summed E-state index contributed by atoms with van der Waals surface area (Å²) in [4.78, 5) is 17.0. The summed E-state index contributed by atoms with van der Waals surface area (Å²) in [5, 5.41) is 16.6. The van der Waals surface area contributed by atoms with Gasteiger partial charge in [-0.2, -0.15) is 5.26 Å². The summed E-state index contributed by atoms with van der Waals surface area (Å²) in [5.41, 5.74) is 5.29. The van der Waals surface area contributed by atoms with E-state index in [0.717, 1.165) is 16.6 Å². The molecule has 1 fully saturated rings. The Balaban J connectivity index is 1.78. The van der Waals surface area contributed by atoms with Gasteiger partial charge >= 0.3 is 0 Å². The minimum atomic E-state index is -0.340. The highest BCUT2D eigenvalue weighted by molar-refractivity contribution is 9.10. The number of nitrogens with two attached hydrogens (primary N) is 1. The third-order valence-electron chi connectivity index (χ3n) is 5.13. The van der Waals surface area contributed by atoms with E-state index >= 15 is 0 Å². The van der Waals surface area contributed by atoms with Gasteiger partial charge in [-0.05, 0) is 24.3 Å². The first-order valence-electron chi connectivity index (χ1n) is 10.6. The van der Waals surface area contributed by atoms with E-state index in [9.17, 15) is 10.1 Å². The first-order valence-corrected chi connectivity index (χ1v) is 11.4. The van der Waals surface area contributed by atoms with E-state index in [0.29, 0.717) is 53.3 Å². The van der Waals surface area contributed by atoms with Crippen LogP contribution in [-0.2, 0) is 9.53 Å². The van der Waals surface area contributed by atoms with E-state index in [-0.39, 0.29) is 12.0 Å². The molecular weight excluding hydrogens is 500 g/mol. The van der Waals surface area contributed by atoms with Crippen molar-refractivity contribution < 1.29 is 14.3 Å². The van der Waals surface area contributed by atoms with E-state index in [1.807, 2.05) is 24.3 Å². The Labute approximate surface area is 205 Å². The van der Waals surface area contributed by atoms with Crippen molar-refractivity contribution >= 4 is 49.8 Å². The molecule has 1 aliphatic heterocycles. The summed E-state index contributed by atoms with van der Waals surface area (Å²) in [5.74, 6) is 5.39. The van der Waals surface area contributed by atoms with Gasteiger partial charge < -0.3 is 20.1 Å². The van der Waals surface area contributed by atoms with Gasteiger partial charge in [0.2, 0.25) is 5.91 Å². The number of benzene rings is 2. The molecule has 1 aromatic heterocycles. The normalized spacial score (nSPS) is 15.4. The smallest absolute Gasteiger partial charge is 0.248 e. The summed E-state index contributed by atoms with van der Waals surface area (Å²) < 4.78 is 12.5. The summed E-state index contributed by atoms with van der Waals surface area (Å²) >= 11 is 3.47. The summed E-state index contributed by atoms with van der Waals surface area (Å²) in [7, 11) is 0. The van der Waals surface area contributed by atoms with Crippen molar-refractivity contribution in [2.24, 2.45) is 5.84 Å². The van der Waals surface area contributed by atoms with Crippen molar-refractivity contribution in [1.29, 1.82) is 5.26 Å². The number of hydrogen-bond acceptors (Lipinski definition) is 8. The minimum absolute atomic E-state index is 0.122. The minimum Gasteiger partial charge on any atom is -0.486 e. The maximum atomic E-state index is 12.5. The Morgan fingerprint density at radius 3 is 3.00 bits per heavy atom. The van der Waals surface area contributed by atoms with Crippen molar-refractivity contribution in [3.05, 3.63) is 64.8 Å². The van der Waals surface area contributed by atoms with E-state index in [1.54, 1.807) is 18.2 Å². The molecule has 0 spiro atoms. The lowest BCUT2D eigenvalue weighted by Gasteiger charge is -2.18. The molecule has 2 heterocycles. The lowest BCUT2D eigenvalue weighted by atomic mass is 10.1. The number of anilines is 3. The largest absolute Gasteiger partial charge is 0.486 e. The maximum absolute atomic E-state index is 12.5. The van der Waals surface area contributed by atoms with Crippen LogP contribution in [0.2, 0.25) is 0 Å². The number of amides is 1. The summed E-state index contributed by atoms with van der Waals surface area (Å²) in [6, 6.07) is 13.3. The van der Waals surface area contributed by atoms with E-state index in [1.165, 1.54) is 12.3 Å². The average Bonchev–Trinajstić information content (AvgIpc) is 3.33. The van der Waals surface area contributed by atoms with Crippen LogP contribution < -0.4 is 26.6 Å². The summed E-state index contributed by atoms with van der Waals surface area (Å²) in [6.07, 6.45) is 5.15. The van der Waals surface area contributed by atoms with E-state index in [2.05, 4.69) is 43.0 Å². The number of ether oxygens (including phenoxy) is 2. The van der Waals surface area contributed by atoms with Gasteiger partial charge in [-0.3, -0.25) is 21.0 Å². The van der Waals surface area contributed by atoms with Crippen LogP contribution >= 0.6 is 15.9 Å². The monoisotopic (exact) mass is 522 g/mol. The average molecular weight is 523 g/mol. The zero-order valence-electron chi connectivity index (χ0n) is 18.2. The van der Waals surface area contributed by atoms with Crippen molar-refractivity contribution in [2.45, 2.75) is 12.5 Å². The van der Waals surface area contributed by atoms with Crippen LogP contribution in [0.25, 0.3) is 10.9 Å². The van der Waals surface area contributed by atoms with Crippen molar-refractivity contribution in [3.63, 3.8) is 0 Å². The SMILES string of the molecule is N#Cc1cnc2cc(OC3CCOC3)c(NC(=O)/C=C/CNN)cc2c1Nc1cccc(Br)c1. The fourth-order valence-corrected chi connectivity index (χ4v) is 3.94. The van der Waals surface area contributed by atoms with Gasteiger partial charge in [-0.15, -0.1) is 0 Å². The Hall–Kier alpha value is -3.49. The molecule has 0 radical (unpaired) electrons. The number of halogens is 1. The highest BCUT2D eigenvalue weighted by Gasteiger charge is 2.21. The Kier molecular flexibility index (Phi) is 7.72. The Morgan fingerprint density at radius 2 is 2.26 bits per heavy atom. The number of aromatic nitrogens is 1. The number of hydrazine groups is 1. The van der Waals surface area contributed by atoms with Crippen LogP contribution in [-0.4, -0.2) is 36.8 Å². The number of nitriles is 1. The van der Waals surface area contributed by atoms with Gasteiger partial charge in [0.1, 0.15) is 17.9 Å². The number of pyridine rings is 1. The number of carbonyl (C=O) groups is 1. The second-order valence-electron chi connectivity index (χ2n) is 7.56. The number of fused-ring (bicyclic) bond motifs is 1. The molecule has 9 nitrogen and oxygen atoms in total. The molecule has 1 aliphatic rings. The van der Waals surface area contributed by atoms with Gasteiger partial charge in [-0.25, -0.2) is 0 Å². The molecule has 0 saturated carbocycles. The molecule has 10 heteroatoms. The quantitative estimate of drug-likeness (QED) is 0.199. The van der Waals surface area contributed by atoms with Crippen LogP contribution in [0, 0.1) is 11.3 Å². The topological polar surface area (TPSA) is 134 Å². The second-order valence-corrected chi connectivity index (χ2v) is 8.48. The van der Waals surface area contributed by atoms with E-state index < -0.39 is 0 Å². The third-order valence-corrected chi connectivity index (χ3v) is 5.62. The number of rotatable bonds is 8. The molecule has 1 saturated heterocycles. The lowest BCUT2D eigenvalue weighted by molar-refractivity contribution is -0.111. The van der Waals surface area contributed by atoms with Crippen LogP contribution in [0.15, 0.2) is 59.2 Å². The van der Waals surface area contributed by atoms with Crippen molar-refractivity contribution in [1.82, 2.24) is 10.4 Å². The molecule has 0 bridgehead atoms. The molecule has 5 N–H and O–H groups in total. The lowest BCUT2D eigenvalue weighted by Crippen LogP contribution is -2.22. The predicted molar refractivity (Wildman–Crippen MR) is 134 cm³/mol. The molecule has 1 atom stereocenters. The molecule has 2 aromatic carbocycles. The van der Waals surface area contributed by atoms with Gasteiger partial charge in [-0.1, -0.05) is 28.1 Å². The first-order chi connectivity index (χ1) is 16.6. The third kappa shape index (κ3) is 5.70. The molecule has 1 amide bonds.